The van der Waals surface area contributed by atoms with Crippen LogP contribution in [0.4, 0.5) is 0 Å². The Morgan fingerprint density at radius 1 is 0.880 bits per heavy atom. The molecular weight excluding hydrogens is 328 g/mol. The summed E-state index contributed by atoms with van der Waals surface area (Å²) in [5.74, 6) is -1.44. The Balaban J connectivity index is 3.68. The van der Waals surface area contributed by atoms with E-state index in [1.54, 1.807) is 0 Å². The van der Waals surface area contributed by atoms with Crippen LogP contribution in [0.5, 0.6) is 0 Å². The van der Waals surface area contributed by atoms with E-state index in [1.165, 1.54) is 32.1 Å². The summed E-state index contributed by atoms with van der Waals surface area (Å²) in [6, 6.07) is 0. The van der Waals surface area contributed by atoms with Crippen molar-refractivity contribution in [2.75, 3.05) is 13.2 Å². The van der Waals surface area contributed by atoms with Crippen LogP contribution >= 0.6 is 0 Å². The van der Waals surface area contributed by atoms with Crippen molar-refractivity contribution in [1.82, 2.24) is 0 Å². The van der Waals surface area contributed by atoms with Crippen molar-refractivity contribution in [3.8, 4) is 0 Å². The van der Waals surface area contributed by atoms with Gasteiger partial charge in [-0.1, -0.05) is 58.3 Å². The average Bonchev–Trinajstić information content (AvgIpc) is 2.62. The molecule has 3 atom stereocenters. The molecule has 0 rings (SSSR count). The molecule has 0 aromatic rings. The number of unbranched alkanes of at least 4 members (excludes halogenated alkanes) is 8. The van der Waals surface area contributed by atoms with Crippen LogP contribution in [0.25, 0.3) is 0 Å². The lowest BCUT2D eigenvalue weighted by atomic mass is 10.1. The molecule has 0 fully saturated rings. The fraction of sp³-hybridized carbons (Fsp3) is 0.889. The number of aliphatic hydroxyl groups excluding tert-OH is 4. The first kappa shape index (κ1) is 24.0. The van der Waals surface area contributed by atoms with Crippen molar-refractivity contribution >= 4 is 11.8 Å². The quantitative estimate of drug-likeness (QED) is 0.239. The van der Waals surface area contributed by atoms with E-state index >= 15 is 0 Å². The van der Waals surface area contributed by atoms with Crippen molar-refractivity contribution < 1.29 is 34.8 Å². The minimum atomic E-state index is -1.90. The van der Waals surface area contributed by atoms with Gasteiger partial charge in [-0.3, -0.25) is 9.59 Å². The standard InChI is InChI=1S/C18H34O7/c1-2-3-4-5-6-7-8-9-10-11-16(22)25-13-15(21)18(24)17(23)14(20)12-19/h14,17-20,23-24H,2-13H2,1H3/t14-,17-,18+/m0/s1. The predicted molar refractivity (Wildman–Crippen MR) is 92.9 cm³/mol. The molecule has 148 valence electrons. The molecule has 0 aromatic heterocycles. The first-order valence-corrected chi connectivity index (χ1v) is 9.27. The fourth-order valence-corrected chi connectivity index (χ4v) is 2.40. The van der Waals surface area contributed by atoms with E-state index in [1.807, 2.05) is 0 Å². The van der Waals surface area contributed by atoms with Crippen molar-refractivity contribution in [3.63, 3.8) is 0 Å². The molecule has 25 heavy (non-hydrogen) atoms. The molecule has 0 aliphatic carbocycles. The highest BCUT2D eigenvalue weighted by molar-refractivity contribution is 5.86. The molecule has 0 aromatic carbocycles. The Morgan fingerprint density at radius 2 is 1.40 bits per heavy atom. The van der Waals surface area contributed by atoms with E-state index in [0.29, 0.717) is 6.42 Å². The highest BCUT2D eigenvalue weighted by atomic mass is 16.5. The molecule has 0 aliphatic rings. The molecule has 0 bridgehead atoms. The lowest BCUT2D eigenvalue weighted by Gasteiger charge is -2.20. The SMILES string of the molecule is CCCCCCCCCCCC(=O)OCC(=O)[C@@H](O)[C@@H](O)[C@@H](O)CO. The lowest BCUT2D eigenvalue weighted by molar-refractivity contribution is -0.155. The Bertz CT molecular complexity index is 359. The van der Waals surface area contributed by atoms with Crippen LogP contribution in [0, 0.1) is 0 Å². The van der Waals surface area contributed by atoms with E-state index in [0.717, 1.165) is 19.3 Å². The summed E-state index contributed by atoms with van der Waals surface area (Å²) in [6.07, 6.45) is 5.02. The molecule has 7 nitrogen and oxygen atoms in total. The minimum absolute atomic E-state index is 0.209. The van der Waals surface area contributed by atoms with Gasteiger partial charge in [0, 0.05) is 6.42 Å². The van der Waals surface area contributed by atoms with Gasteiger partial charge < -0.3 is 25.2 Å². The third-order valence-electron chi connectivity index (χ3n) is 4.09. The van der Waals surface area contributed by atoms with Crippen LogP contribution < -0.4 is 0 Å². The zero-order chi connectivity index (χ0) is 19.1. The molecule has 0 unspecified atom stereocenters. The van der Waals surface area contributed by atoms with Gasteiger partial charge in [-0.15, -0.1) is 0 Å². The highest BCUT2D eigenvalue weighted by Gasteiger charge is 2.30. The zero-order valence-corrected chi connectivity index (χ0v) is 15.2. The van der Waals surface area contributed by atoms with Crippen LogP contribution in [0.1, 0.15) is 71.1 Å². The van der Waals surface area contributed by atoms with Crippen molar-refractivity contribution in [3.05, 3.63) is 0 Å². The molecule has 4 N–H and O–H groups in total. The Labute approximate surface area is 150 Å². The highest BCUT2D eigenvalue weighted by Crippen LogP contribution is 2.11. The van der Waals surface area contributed by atoms with Crippen LogP contribution in [0.15, 0.2) is 0 Å². The lowest BCUT2D eigenvalue weighted by Crippen LogP contribution is -2.45. The van der Waals surface area contributed by atoms with Gasteiger partial charge in [-0.05, 0) is 6.42 Å². The van der Waals surface area contributed by atoms with Gasteiger partial charge in [0.15, 0.2) is 6.61 Å². The second-order valence-electron chi connectivity index (χ2n) is 6.39. The molecule has 0 amide bonds. The molecule has 0 radical (unpaired) electrons. The Kier molecular flexibility index (Phi) is 14.6. The smallest absolute Gasteiger partial charge is 0.306 e. The Morgan fingerprint density at radius 3 is 1.92 bits per heavy atom. The Hall–Kier alpha value is -1.02. The third-order valence-corrected chi connectivity index (χ3v) is 4.09. The molecule has 0 spiro atoms. The number of esters is 1. The summed E-state index contributed by atoms with van der Waals surface area (Å²) < 4.78 is 4.76. The van der Waals surface area contributed by atoms with Gasteiger partial charge in [-0.25, -0.2) is 0 Å². The maximum absolute atomic E-state index is 11.6. The largest absolute Gasteiger partial charge is 0.458 e. The van der Waals surface area contributed by atoms with E-state index < -0.39 is 43.3 Å². The third kappa shape index (κ3) is 12.0. The number of carbonyl (C=O) groups is 2. The summed E-state index contributed by atoms with van der Waals surface area (Å²) in [5, 5.41) is 36.7. The zero-order valence-electron chi connectivity index (χ0n) is 15.2. The summed E-state index contributed by atoms with van der Waals surface area (Å²) in [7, 11) is 0. The predicted octanol–water partition coefficient (Wildman–Crippen LogP) is 1.09. The van der Waals surface area contributed by atoms with Gasteiger partial charge in [0.1, 0.15) is 18.3 Å². The van der Waals surface area contributed by atoms with Gasteiger partial charge in [0.05, 0.1) is 6.61 Å². The second-order valence-corrected chi connectivity index (χ2v) is 6.39. The molecule has 0 saturated heterocycles. The first-order chi connectivity index (χ1) is 11.9. The van der Waals surface area contributed by atoms with Crippen LogP contribution in [-0.4, -0.2) is 63.7 Å². The minimum Gasteiger partial charge on any atom is -0.458 e. The van der Waals surface area contributed by atoms with E-state index in [4.69, 9.17) is 14.9 Å². The first-order valence-electron chi connectivity index (χ1n) is 9.27. The van der Waals surface area contributed by atoms with E-state index in [-0.39, 0.29) is 6.42 Å². The monoisotopic (exact) mass is 362 g/mol. The van der Waals surface area contributed by atoms with Gasteiger partial charge in [0.25, 0.3) is 0 Å². The molecule has 7 heteroatoms. The van der Waals surface area contributed by atoms with Crippen LogP contribution in [0.3, 0.4) is 0 Å². The van der Waals surface area contributed by atoms with Crippen molar-refractivity contribution in [2.24, 2.45) is 0 Å². The van der Waals surface area contributed by atoms with Crippen molar-refractivity contribution in [2.45, 2.75) is 89.4 Å². The molecular formula is C18H34O7. The van der Waals surface area contributed by atoms with E-state index in [2.05, 4.69) is 6.92 Å². The molecule has 0 heterocycles. The summed E-state index contributed by atoms with van der Waals surface area (Å²) >= 11 is 0. The number of ether oxygens (including phenoxy) is 1. The average molecular weight is 362 g/mol. The van der Waals surface area contributed by atoms with Crippen LogP contribution in [-0.2, 0) is 14.3 Å². The summed E-state index contributed by atoms with van der Waals surface area (Å²) in [6.45, 7) is 0.741. The number of rotatable bonds is 16. The molecule has 0 aliphatic heterocycles. The topological polar surface area (TPSA) is 124 Å². The van der Waals surface area contributed by atoms with Gasteiger partial charge in [0.2, 0.25) is 5.78 Å². The molecule has 0 saturated carbocycles. The van der Waals surface area contributed by atoms with Crippen molar-refractivity contribution in [1.29, 1.82) is 0 Å². The summed E-state index contributed by atoms with van der Waals surface area (Å²) in [5.41, 5.74) is 0. The fourth-order valence-electron chi connectivity index (χ4n) is 2.40. The number of hydrogen-bond acceptors (Lipinski definition) is 7. The van der Waals surface area contributed by atoms with Gasteiger partial charge in [-0.2, -0.15) is 0 Å². The number of aliphatic hydroxyl groups is 4. The maximum Gasteiger partial charge on any atom is 0.306 e. The number of carbonyl (C=O) groups excluding carboxylic acids is 2. The second kappa shape index (κ2) is 15.3. The van der Waals surface area contributed by atoms with E-state index in [9.17, 15) is 19.8 Å². The van der Waals surface area contributed by atoms with Crippen LogP contribution in [0.2, 0.25) is 0 Å². The number of hydrogen-bond donors (Lipinski definition) is 4. The van der Waals surface area contributed by atoms with Gasteiger partial charge >= 0.3 is 5.97 Å². The number of ketones is 1. The number of Topliss-reactive ketones (excluding diaryl/α,β-unsaturated/α-hetero) is 1. The maximum atomic E-state index is 11.6. The summed E-state index contributed by atoms with van der Waals surface area (Å²) in [4.78, 5) is 23.1. The normalized spacial score (nSPS) is 14.8.